The van der Waals surface area contributed by atoms with Gasteiger partial charge < -0.3 is 11.5 Å². The van der Waals surface area contributed by atoms with Crippen molar-refractivity contribution in [2.45, 2.75) is 12.8 Å². The second kappa shape index (κ2) is 7.19. The van der Waals surface area contributed by atoms with Crippen LogP contribution in [0.25, 0.3) is 12.2 Å². The summed E-state index contributed by atoms with van der Waals surface area (Å²) >= 11 is 0. The molecule has 4 N–H and O–H groups in total. The van der Waals surface area contributed by atoms with Crippen LogP contribution in [-0.2, 0) is 4.79 Å². The van der Waals surface area contributed by atoms with E-state index in [1.54, 1.807) is 48.6 Å². The van der Waals surface area contributed by atoms with Gasteiger partial charge in [0.15, 0.2) is 5.78 Å². The summed E-state index contributed by atoms with van der Waals surface area (Å²) in [5.41, 5.74) is 14.3. The van der Waals surface area contributed by atoms with Crippen LogP contribution >= 0.6 is 0 Å². The second-order valence-electron chi connectivity index (χ2n) is 6.15. The Bertz CT molecular complexity index is 893. The average Bonchev–Trinajstić information content (AvgIpc) is 2.95. The van der Waals surface area contributed by atoms with Crippen molar-refractivity contribution < 1.29 is 14.4 Å². The predicted molar refractivity (Wildman–Crippen MR) is 100 cm³/mol. The number of carbonyl (C=O) groups excluding carboxylic acids is 3. The molecule has 1 aliphatic carbocycles. The predicted octanol–water partition coefficient (Wildman–Crippen LogP) is 2.71. The van der Waals surface area contributed by atoms with Gasteiger partial charge in [-0.05, 0) is 60.4 Å². The van der Waals surface area contributed by atoms with Crippen molar-refractivity contribution in [2.75, 3.05) is 0 Å². The Hall–Kier alpha value is -3.47. The first-order valence-electron chi connectivity index (χ1n) is 8.19. The molecule has 1 aliphatic rings. The van der Waals surface area contributed by atoms with Gasteiger partial charge in [0.1, 0.15) is 0 Å². The van der Waals surface area contributed by atoms with Crippen LogP contribution in [0.1, 0.15) is 44.7 Å². The number of Topliss-reactive ketones (excluding diaryl/α,β-unsaturated/α-hetero) is 1. The Kier molecular flexibility index (Phi) is 4.80. The number of primary amides is 2. The first-order valence-corrected chi connectivity index (χ1v) is 8.19. The van der Waals surface area contributed by atoms with E-state index < -0.39 is 11.8 Å². The highest BCUT2D eigenvalue weighted by Gasteiger charge is 2.23. The number of amides is 2. The van der Waals surface area contributed by atoms with Gasteiger partial charge in [0.2, 0.25) is 11.8 Å². The summed E-state index contributed by atoms with van der Waals surface area (Å²) in [7, 11) is 0. The van der Waals surface area contributed by atoms with Gasteiger partial charge in [-0.2, -0.15) is 0 Å². The van der Waals surface area contributed by atoms with Gasteiger partial charge in [0.25, 0.3) is 0 Å². The maximum Gasteiger partial charge on any atom is 0.248 e. The van der Waals surface area contributed by atoms with E-state index in [0.29, 0.717) is 35.1 Å². The summed E-state index contributed by atoms with van der Waals surface area (Å²) in [4.78, 5) is 35.2. The van der Waals surface area contributed by atoms with Crippen molar-refractivity contribution in [1.82, 2.24) is 0 Å². The van der Waals surface area contributed by atoms with Crippen LogP contribution < -0.4 is 11.5 Å². The lowest BCUT2D eigenvalue weighted by molar-refractivity contribution is -0.111. The van der Waals surface area contributed by atoms with Gasteiger partial charge in [-0.25, -0.2) is 0 Å². The topological polar surface area (TPSA) is 103 Å². The van der Waals surface area contributed by atoms with Gasteiger partial charge in [0.05, 0.1) is 0 Å². The SMILES string of the molecule is NC(=O)c1cccc(C=C2CCC(=Cc3cccc(C(N)=O)c3)C2=O)c1. The van der Waals surface area contributed by atoms with E-state index in [2.05, 4.69) is 0 Å². The van der Waals surface area contributed by atoms with Crippen LogP contribution in [0.3, 0.4) is 0 Å². The van der Waals surface area contributed by atoms with Gasteiger partial charge in [-0.15, -0.1) is 0 Å². The van der Waals surface area contributed by atoms with Gasteiger partial charge in [-0.1, -0.05) is 24.3 Å². The van der Waals surface area contributed by atoms with Crippen LogP contribution in [0.15, 0.2) is 59.7 Å². The quantitative estimate of drug-likeness (QED) is 0.832. The number of hydrogen-bond acceptors (Lipinski definition) is 3. The fourth-order valence-electron chi connectivity index (χ4n) is 2.94. The molecule has 3 rings (SSSR count). The van der Waals surface area contributed by atoms with Crippen LogP contribution in [0.2, 0.25) is 0 Å². The van der Waals surface area contributed by atoms with E-state index in [9.17, 15) is 14.4 Å². The molecule has 0 heterocycles. The van der Waals surface area contributed by atoms with Gasteiger partial charge in [0, 0.05) is 22.3 Å². The second-order valence-corrected chi connectivity index (χ2v) is 6.15. The monoisotopic (exact) mass is 346 g/mol. The number of nitrogens with two attached hydrogens (primary N) is 2. The molecule has 1 saturated carbocycles. The summed E-state index contributed by atoms with van der Waals surface area (Å²) in [6.07, 6.45) is 4.83. The fraction of sp³-hybridized carbons (Fsp3) is 0.0952. The van der Waals surface area contributed by atoms with Crippen molar-refractivity contribution in [3.63, 3.8) is 0 Å². The van der Waals surface area contributed by atoms with Crippen molar-refractivity contribution in [2.24, 2.45) is 11.5 Å². The zero-order valence-electron chi connectivity index (χ0n) is 14.1. The van der Waals surface area contributed by atoms with E-state index in [0.717, 1.165) is 11.1 Å². The lowest BCUT2D eigenvalue weighted by Crippen LogP contribution is -2.10. The smallest absolute Gasteiger partial charge is 0.248 e. The minimum Gasteiger partial charge on any atom is -0.366 e. The lowest BCUT2D eigenvalue weighted by atomic mass is 10.0. The maximum atomic E-state index is 12.6. The molecule has 2 aromatic rings. The number of ketones is 1. The molecular formula is C21H18N2O3. The zero-order chi connectivity index (χ0) is 18.7. The molecule has 1 fully saturated rings. The number of carbonyl (C=O) groups is 3. The first-order chi connectivity index (χ1) is 12.4. The standard InChI is InChI=1S/C21H18N2O3/c22-20(25)17-5-1-3-13(11-17)9-15-7-8-16(19(15)24)10-14-4-2-6-18(12-14)21(23)26/h1-6,9-12H,7-8H2,(H2,22,25)(H2,23,26). The van der Waals surface area contributed by atoms with Crippen molar-refractivity contribution >= 4 is 29.7 Å². The number of allylic oxidation sites excluding steroid dienone is 2. The van der Waals surface area contributed by atoms with Crippen molar-refractivity contribution in [1.29, 1.82) is 0 Å². The molecule has 0 spiro atoms. The molecule has 130 valence electrons. The number of benzene rings is 2. The van der Waals surface area contributed by atoms with E-state index in [4.69, 9.17) is 11.5 Å². The van der Waals surface area contributed by atoms with Crippen LogP contribution in [-0.4, -0.2) is 17.6 Å². The van der Waals surface area contributed by atoms with Crippen molar-refractivity contribution in [3.05, 3.63) is 81.9 Å². The highest BCUT2D eigenvalue weighted by atomic mass is 16.1. The molecule has 0 aromatic heterocycles. The Labute approximate surface area is 151 Å². The summed E-state index contributed by atoms with van der Waals surface area (Å²) in [6, 6.07) is 13.7. The molecule has 0 radical (unpaired) electrons. The summed E-state index contributed by atoms with van der Waals surface area (Å²) in [5.74, 6) is -1.03. The van der Waals surface area contributed by atoms with E-state index >= 15 is 0 Å². The van der Waals surface area contributed by atoms with Gasteiger partial charge in [-0.3, -0.25) is 14.4 Å². The molecule has 0 unspecified atom stereocenters. The third-order valence-electron chi connectivity index (χ3n) is 4.27. The van der Waals surface area contributed by atoms with Crippen LogP contribution in [0, 0.1) is 0 Å². The fourth-order valence-corrected chi connectivity index (χ4v) is 2.94. The Morgan fingerprint density at radius 2 is 1.19 bits per heavy atom. The number of hydrogen-bond donors (Lipinski definition) is 2. The largest absolute Gasteiger partial charge is 0.366 e. The third-order valence-corrected chi connectivity index (χ3v) is 4.27. The summed E-state index contributed by atoms with van der Waals surface area (Å²) in [6.45, 7) is 0. The third kappa shape index (κ3) is 3.78. The zero-order valence-corrected chi connectivity index (χ0v) is 14.1. The Morgan fingerprint density at radius 3 is 1.58 bits per heavy atom. The summed E-state index contributed by atoms with van der Waals surface area (Å²) in [5, 5.41) is 0. The summed E-state index contributed by atoms with van der Waals surface area (Å²) < 4.78 is 0. The molecule has 26 heavy (non-hydrogen) atoms. The lowest BCUT2D eigenvalue weighted by Gasteiger charge is -2.01. The van der Waals surface area contributed by atoms with Gasteiger partial charge >= 0.3 is 0 Å². The maximum absolute atomic E-state index is 12.6. The Morgan fingerprint density at radius 1 is 0.769 bits per heavy atom. The van der Waals surface area contributed by atoms with E-state index in [1.165, 1.54) is 0 Å². The molecule has 5 nitrogen and oxygen atoms in total. The highest BCUT2D eigenvalue weighted by molar-refractivity contribution is 6.15. The first kappa shape index (κ1) is 17.4. The molecule has 2 aromatic carbocycles. The Balaban J connectivity index is 1.86. The molecule has 0 atom stereocenters. The normalized spacial score (nSPS) is 17.0. The van der Waals surface area contributed by atoms with Crippen molar-refractivity contribution in [3.8, 4) is 0 Å². The molecule has 0 bridgehead atoms. The minimum absolute atomic E-state index is 0.0287. The van der Waals surface area contributed by atoms with Crippen LogP contribution in [0.5, 0.6) is 0 Å². The minimum atomic E-state index is -0.502. The van der Waals surface area contributed by atoms with Crippen LogP contribution in [0.4, 0.5) is 0 Å². The van der Waals surface area contributed by atoms with E-state index in [1.807, 2.05) is 12.1 Å². The average molecular weight is 346 g/mol. The number of rotatable bonds is 4. The molecule has 5 heteroatoms. The van der Waals surface area contributed by atoms with E-state index in [-0.39, 0.29) is 5.78 Å². The molecule has 2 amide bonds. The highest BCUT2D eigenvalue weighted by Crippen LogP contribution is 2.29. The molecule has 0 aliphatic heterocycles. The molecular weight excluding hydrogens is 328 g/mol. The molecule has 0 saturated heterocycles.